The minimum absolute atomic E-state index is 0.0996. The van der Waals surface area contributed by atoms with Crippen LogP contribution in [-0.4, -0.2) is 0 Å². The van der Waals surface area contributed by atoms with Gasteiger partial charge in [-0.3, -0.25) is 0 Å². The second-order valence-corrected chi connectivity index (χ2v) is 19.7. The molecule has 3 heteroatoms. The second-order valence-electron chi connectivity index (χ2n) is 18.7. The molecule has 3 aliphatic rings. The quantitative estimate of drug-likeness (QED) is 0.159. The molecule has 2 aliphatic heterocycles. The molecule has 308 valence electrons. The first-order chi connectivity index (χ1) is 31.1. The first-order valence-corrected chi connectivity index (χ1v) is 23.2. The summed E-state index contributed by atoms with van der Waals surface area (Å²) in [5.41, 5.74) is 21.3. The Labute approximate surface area is 381 Å². The highest BCUT2D eigenvalue weighted by atomic mass is 32.2. The lowest BCUT2D eigenvalue weighted by Gasteiger charge is -2.42. The third kappa shape index (κ3) is 5.95. The minimum Gasteiger partial charge on any atom is -0.309 e. The number of fused-ring (bicyclic) bond motifs is 8. The number of hydrogen-bond acceptors (Lipinski definition) is 3. The molecule has 1 aliphatic carbocycles. The molecule has 0 bridgehead atoms. The molecular formula is C61H48N2S. The highest BCUT2D eigenvalue weighted by Gasteiger charge is 2.38. The van der Waals surface area contributed by atoms with Gasteiger partial charge in [-0.05, 0) is 128 Å². The fourth-order valence-corrected chi connectivity index (χ4v) is 11.9. The number of benzene rings is 9. The van der Waals surface area contributed by atoms with Crippen molar-refractivity contribution in [1.82, 2.24) is 0 Å². The largest absolute Gasteiger partial charge is 0.309 e. The summed E-state index contributed by atoms with van der Waals surface area (Å²) in [5, 5.41) is 2.49. The van der Waals surface area contributed by atoms with E-state index in [0.29, 0.717) is 0 Å². The molecule has 0 amide bonds. The number of rotatable bonds is 5. The topological polar surface area (TPSA) is 6.48 Å². The Balaban J connectivity index is 0.835. The maximum Gasteiger partial charge on any atom is 0.0601 e. The van der Waals surface area contributed by atoms with Crippen LogP contribution in [0.3, 0.4) is 0 Å². The van der Waals surface area contributed by atoms with Crippen LogP contribution in [0.15, 0.2) is 198 Å². The number of nitrogens with zero attached hydrogens (tertiary/aromatic N) is 2. The molecule has 0 atom stereocenters. The average Bonchev–Trinajstić information content (AvgIpc) is 3.54. The van der Waals surface area contributed by atoms with E-state index in [2.05, 4.69) is 245 Å². The zero-order chi connectivity index (χ0) is 43.3. The van der Waals surface area contributed by atoms with E-state index < -0.39 is 0 Å². The minimum atomic E-state index is -0.151. The van der Waals surface area contributed by atoms with Gasteiger partial charge in [0.2, 0.25) is 0 Å². The third-order valence-electron chi connectivity index (χ3n) is 14.1. The zero-order valence-corrected chi connectivity index (χ0v) is 37.7. The standard InChI is InChI=1S/C61H48N2S/c1-39-22-34-57-59(36-39)64-58-21-13-12-20-56(58)62(57)43-30-32-47-46-31-27-41(37-51(46)61(4,5)52(47)38-43)24-23-40-25-28-42(29-26-40)44-33-35-53(48-15-7-6-14-45(44)48)63-54-18-10-8-16-49(54)60(2,3)50-17-9-11-19-55(50)63/h6-38H,1-5H3. The fraction of sp³-hybridized carbons (Fsp3) is 0.115. The molecule has 9 aromatic rings. The number of anilines is 6. The van der Waals surface area contributed by atoms with Crippen LogP contribution in [0, 0.1) is 6.92 Å². The van der Waals surface area contributed by atoms with Crippen molar-refractivity contribution in [1.29, 1.82) is 0 Å². The van der Waals surface area contributed by atoms with Gasteiger partial charge in [-0.1, -0.05) is 185 Å². The number of para-hydroxylation sites is 3. The summed E-state index contributed by atoms with van der Waals surface area (Å²) in [6, 6.07) is 70.0. The van der Waals surface area contributed by atoms with Crippen molar-refractivity contribution >= 4 is 68.8 Å². The molecule has 0 spiro atoms. The van der Waals surface area contributed by atoms with Gasteiger partial charge in [-0.15, -0.1) is 0 Å². The normalized spacial score (nSPS) is 15.0. The lowest BCUT2D eigenvalue weighted by atomic mass is 9.73. The summed E-state index contributed by atoms with van der Waals surface area (Å²) in [6.45, 7) is 11.6. The predicted molar refractivity (Wildman–Crippen MR) is 273 cm³/mol. The number of aryl methyl sites for hydroxylation is 1. The molecule has 0 aromatic heterocycles. The number of hydrogen-bond donors (Lipinski definition) is 0. The van der Waals surface area contributed by atoms with Crippen molar-refractivity contribution in [2.24, 2.45) is 0 Å². The van der Waals surface area contributed by atoms with Gasteiger partial charge in [-0.25, -0.2) is 0 Å². The molecule has 0 radical (unpaired) electrons. The van der Waals surface area contributed by atoms with E-state index in [1.54, 1.807) is 0 Å². The molecule has 2 heterocycles. The lowest BCUT2D eigenvalue weighted by Crippen LogP contribution is -2.30. The van der Waals surface area contributed by atoms with Gasteiger partial charge >= 0.3 is 0 Å². The van der Waals surface area contributed by atoms with Gasteiger partial charge < -0.3 is 9.80 Å². The van der Waals surface area contributed by atoms with E-state index in [-0.39, 0.29) is 10.8 Å². The summed E-state index contributed by atoms with van der Waals surface area (Å²) >= 11 is 1.87. The molecule has 0 saturated heterocycles. The van der Waals surface area contributed by atoms with Gasteiger partial charge in [0.05, 0.1) is 28.4 Å². The Hall–Kier alpha value is -7.07. The van der Waals surface area contributed by atoms with Crippen LogP contribution < -0.4 is 9.80 Å². The average molecular weight is 841 g/mol. The van der Waals surface area contributed by atoms with Crippen molar-refractivity contribution < 1.29 is 0 Å². The van der Waals surface area contributed by atoms with E-state index in [1.807, 2.05) is 11.8 Å². The highest BCUT2D eigenvalue weighted by molar-refractivity contribution is 7.99. The molecule has 0 N–H and O–H groups in total. The molecule has 0 fully saturated rings. The summed E-state index contributed by atoms with van der Waals surface area (Å²) in [5.74, 6) is 0. The van der Waals surface area contributed by atoms with Crippen LogP contribution in [0.2, 0.25) is 0 Å². The van der Waals surface area contributed by atoms with E-state index >= 15 is 0 Å². The van der Waals surface area contributed by atoms with Gasteiger partial charge in [-0.2, -0.15) is 0 Å². The van der Waals surface area contributed by atoms with E-state index in [9.17, 15) is 0 Å². The lowest BCUT2D eigenvalue weighted by molar-refractivity contribution is 0.632. The highest BCUT2D eigenvalue weighted by Crippen LogP contribution is 2.56. The monoisotopic (exact) mass is 840 g/mol. The maximum absolute atomic E-state index is 2.47. The maximum atomic E-state index is 2.47. The van der Waals surface area contributed by atoms with Gasteiger partial charge in [0, 0.05) is 31.7 Å². The molecule has 0 unspecified atom stereocenters. The smallest absolute Gasteiger partial charge is 0.0601 e. The molecule has 0 saturated carbocycles. The second kappa shape index (κ2) is 14.5. The zero-order valence-electron chi connectivity index (χ0n) is 36.9. The van der Waals surface area contributed by atoms with Crippen LogP contribution in [0.5, 0.6) is 0 Å². The predicted octanol–water partition coefficient (Wildman–Crippen LogP) is 17.3. The van der Waals surface area contributed by atoms with Crippen molar-refractivity contribution in [3.8, 4) is 22.3 Å². The van der Waals surface area contributed by atoms with E-state index in [0.717, 1.165) is 0 Å². The summed E-state index contributed by atoms with van der Waals surface area (Å²) < 4.78 is 0. The molecule has 64 heavy (non-hydrogen) atoms. The summed E-state index contributed by atoms with van der Waals surface area (Å²) in [6.07, 6.45) is 4.51. The first kappa shape index (κ1) is 38.6. The van der Waals surface area contributed by atoms with Crippen LogP contribution in [0.1, 0.15) is 66.6 Å². The van der Waals surface area contributed by atoms with Gasteiger partial charge in [0.25, 0.3) is 0 Å². The Bertz CT molecular complexity index is 3340. The van der Waals surface area contributed by atoms with Crippen LogP contribution in [-0.2, 0) is 10.8 Å². The van der Waals surface area contributed by atoms with Crippen molar-refractivity contribution in [2.45, 2.75) is 55.2 Å². The molecular weight excluding hydrogens is 793 g/mol. The summed E-state index contributed by atoms with van der Waals surface area (Å²) in [7, 11) is 0. The van der Waals surface area contributed by atoms with Crippen molar-refractivity contribution in [2.75, 3.05) is 9.80 Å². The molecule has 9 aromatic carbocycles. The van der Waals surface area contributed by atoms with Crippen LogP contribution in [0.4, 0.5) is 34.1 Å². The van der Waals surface area contributed by atoms with Gasteiger partial charge in [0.1, 0.15) is 0 Å². The Morgan fingerprint density at radius 1 is 0.391 bits per heavy atom. The van der Waals surface area contributed by atoms with Crippen molar-refractivity contribution in [3.63, 3.8) is 0 Å². The Morgan fingerprint density at radius 2 is 0.938 bits per heavy atom. The van der Waals surface area contributed by atoms with Crippen molar-refractivity contribution in [3.05, 3.63) is 227 Å². The van der Waals surface area contributed by atoms with Crippen LogP contribution in [0.25, 0.3) is 45.2 Å². The Kier molecular flexibility index (Phi) is 8.74. The first-order valence-electron chi connectivity index (χ1n) is 22.4. The Morgan fingerprint density at radius 3 is 1.69 bits per heavy atom. The van der Waals surface area contributed by atoms with E-state index in [1.165, 1.54) is 116 Å². The SMILES string of the molecule is Cc1ccc2c(c1)Sc1ccccc1N2c1ccc2c(c1)C(C)(C)c1cc(C=Cc3ccc(-c4ccc(N5c6ccccc6C(C)(C)c6ccccc65)c5ccccc45)cc3)ccc1-2. The van der Waals surface area contributed by atoms with Gasteiger partial charge in [0.15, 0.2) is 0 Å². The van der Waals surface area contributed by atoms with E-state index in [4.69, 9.17) is 0 Å². The third-order valence-corrected chi connectivity index (χ3v) is 15.2. The van der Waals surface area contributed by atoms with Crippen LogP contribution >= 0.6 is 11.8 Å². The molecule has 2 nitrogen and oxygen atoms in total. The molecule has 12 rings (SSSR count). The summed E-state index contributed by atoms with van der Waals surface area (Å²) in [4.78, 5) is 7.50. The fourth-order valence-electron chi connectivity index (χ4n) is 10.8.